The van der Waals surface area contributed by atoms with Crippen LogP contribution in [0.2, 0.25) is 0 Å². The van der Waals surface area contributed by atoms with E-state index in [0.717, 1.165) is 0 Å². The molecule has 0 aromatic rings. The lowest BCUT2D eigenvalue weighted by Gasteiger charge is -2.43. The first-order valence-electron chi connectivity index (χ1n) is 6.66. The first kappa shape index (κ1) is 13.0. The van der Waals surface area contributed by atoms with E-state index in [1.54, 1.807) is 0 Å². The van der Waals surface area contributed by atoms with Gasteiger partial charge in [-0.1, -0.05) is 47.0 Å². The van der Waals surface area contributed by atoms with Crippen molar-refractivity contribution in [1.29, 1.82) is 0 Å². The van der Waals surface area contributed by atoms with E-state index in [4.69, 9.17) is 4.74 Å². The Balaban J connectivity index is 2.64. The van der Waals surface area contributed by atoms with Gasteiger partial charge in [0.15, 0.2) is 0 Å². The van der Waals surface area contributed by atoms with Crippen LogP contribution in [-0.2, 0) is 4.74 Å². The minimum Gasteiger partial charge on any atom is -0.372 e. The summed E-state index contributed by atoms with van der Waals surface area (Å²) in [5.74, 6) is 1.28. The van der Waals surface area contributed by atoms with Crippen molar-refractivity contribution >= 4 is 0 Å². The molecule has 0 aliphatic heterocycles. The summed E-state index contributed by atoms with van der Waals surface area (Å²) in [4.78, 5) is 0. The van der Waals surface area contributed by atoms with Crippen LogP contribution in [0.1, 0.15) is 66.7 Å². The van der Waals surface area contributed by atoms with Crippen LogP contribution in [0.25, 0.3) is 0 Å². The van der Waals surface area contributed by atoms with Crippen molar-refractivity contribution in [3.05, 3.63) is 0 Å². The van der Waals surface area contributed by atoms with Gasteiger partial charge >= 0.3 is 0 Å². The topological polar surface area (TPSA) is 9.23 Å². The fourth-order valence-electron chi connectivity index (χ4n) is 2.49. The van der Waals surface area contributed by atoms with Gasteiger partial charge in [0.1, 0.15) is 0 Å². The molecule has 15 heavy (non-hydrogen) atoms. The Bertz CT molecular complexity index is 178. The van der Waals surface area contributed by atoms with Crippen LogP contribution < -0.4 is 0 Å². The lowest BCUT2D eigenvalue weighted by atomic mass is 9.76. The molecular formula is C14H28O. The monoisotopic (exact) mass is 212 g/mol. The number of rotatable bonds is 4. The molecule has 0 aromatic carbocycles. The zero-order chi connectivity index (χ0) is 11.5. The highest BCUT2D eigenvalue weighted by atomic mass is 16.5. The number of hydrogen-bond donors (Lipinski definition) is 0. The van der Waals surface area contributed by atoms with Gasteiger partial charge in [-0.15, -0.1) is 0 Å². The van der Waals surface area contributed by atoms with E-state index >= 15 is 0 Å². The molecule has 0 heterocycles. The standard InChI is InChI=1S/C14H28O/c1-11(2)13(5)15-14(12(3)4)9-7-6-8-10-14/h11-13H,6-10H2,1-5H3/t13-/m1/s1. The van der Waals surface area contributed by atoms with Crippen molar-refractivity contribution in [3.63, 3.8) is 0 Å². The van der Waals surface area contributed by atoms with Gasteiger partial charge in [-0.3, -0.25) is 0 Å². The molecule has 1 aliphatic rings. The fraction of sp³-hybridized carbons (Fsp3) is 1.00. The molecule has 0 N–H and O–H groups in total. The molecule has 1 fully saturated rings. The lowest BCUT2D eigenvalue weighted by Crippen LogP contribution is -2.43. The molecule has 1 rings (SSSR count). The Morgan fingerprint density at radius 3 is 1.80 bits per heavy atom. The van der Waals surface area contributed by atoms with Crippen LogP contribution in [0, 0.1) is 11.8 Å². The molecule has 1 aliphatic carbocycles. The summed E-state index contributed by atoms with van der Waals surface area (Å²) in [6.07, 6.45) is 7.02. The molecule has 0 radical (unpaired) electrons. The Labute approximate surface area is 95.6 Å². The van der Waals surface area contributed by atoms with Crippen LogP contribution >= 0.6 is 0 Å². The van der Waals surface area contributed by atoms with E-state index in [-0.39, 0.29) is 5.60 Å². The molecule has 1 nitrogen and oxygen atoms in total. The molecule has 1 saturated carbocycles. The summed E-state index contributed by atoms with van der Waals surface area (Å²) in [5.41, 5.74) is 0.182. The van der Waals surface area contributed by atoms with Gasteiger partial charge in [-0.25, -0.2) is 0 Å². The number of ether oxygens (including phenoxy) is 1. The van der Waals surface area contributed by atoms with Gasteiger partial charge in [-0.2, -0.15) is 0 Å². The SMILES string of the molecule is CC(C)[C@@H](C)OC1(C(C)C)CCCCC1. The lowest BCUT2D eigenvalue weighted by molar-refractivity contribution is -0.146. The van der Waals surface area contributed by atoms with Crippen molar-refractivity contribution in [2.45, 2.75) is 78.4 Å². The summed E-state index contributed by atoms with van der Waals surface area (Å²) >= 11 is 0. The van der Waals surface area contributed by atoms with E-state index in [0.29, 0.717) is 17.9 Å². The summed E-state index contributed by atoms with van der Waals surface area (Å²) in [5, 5.41) is 0. The van der Waals surface area contributed by atoms with E-state index < -0.39 is 0 Å². The highest BCUT2D eigenvalue weighted by molar-refractivity contribution is 4.88. The molecule has 1 atom stereocenters. The third-order valence-electron chi connectivity index (χ3n) is 4.11. The molecule has 0 amide bonds. The van der Waals surface area contributed by atoms with Crippen LogP contribution in [0.5, 0.6) is 0 Å². The Kier molecular flexibility index (Phi) is 4.64. The Morgan fingerprint density at radius 1 is 0.867 bits per heavy atom. The molecule has 1 heteroatoms. The normalized spacial score (nSPS) is 23.4. The third-order valence-corrected chi connectivity index (χ3v) is 4.11. The second-order valence-electron chi connectivity index (χ2n) is 5.85. The Morgan fingerprint density at radius 2 is 1.40 bits per heavy atom. The fourth-order valence-corrected chi connectivity index (χ4v) is 2.49. The molecule has 0 unspecified atom stereocenters. The van der Waals surface area contributed by atoms with E-state index in [1.807, 2.05) is 0 Å². The van der Waals surface area contributed by atoms with E-state index in [2.05, 4.69) is 34.6 Å². The average molecular weight is 212 g/mol. The molecule has 0 spiro atoms. The van der Waals surface area contributed by atoms with Crippen LogP contribution in [0.3, 0.4) is 0 Å². The maximum Gasteiger partial charge on any atom is 0.0709 e. The molecule has 0 saturated heterocycles. The van der Waals surface area contributed by atoms with Crippen molar-refractivity contribution < 1.29 is 4.74 Å². The predicted molar refractivity (Wildman–Crippen MR) is 66.0 cm³/mol. The van der Waals surface area contributed by atoms with Gasteiger partial charge in [0.25, 0.3) is 0 Å². The zero-order valence-electron chi connectivity index (χ0n) is 11.2. The quantitative estimate of drug-likeness (QED) is 0.671. The molecule has 90 valence electrons. The van der Waals surface area contributed by atoms with Crippen molar-refractivity contribution in [3.8, 4) is 0 Å². The third kappa shape index (κ3) is 3.21. The second kappa shape index (κ2) is 5.34. The first-order valence-corrected chi connectivity index (χ1v) is 6.66. The smallest absolute Gasteiger partial charge is 0.0709 e. The van der Waals surface area contributed by atoms with Crippen molar-refractivity contribution in [2.24, 2.45) is 11.8 Å². The second-order valence-corrected chi connectivity index (χ2v) is 5.85. The molecule has 0 bridgehead atoms. The molecular weight excluding hydrogens is 184 g/mol. The Hall–Kier alpha value is -0.0400. The van der Waals surface area contributed by atoms with E-state index in [1.165, 1.54) is 32.1 Å². The minimum absolute atomic E-state index is 0.182. The maximum atomic E-state index is 6.40. The van der Waals surface area contributed by atoms with Gasteiger partial charge in [0.2, 0.25) is 0 Å². The van der Waals surface area contributed by atoms with Gasteiger partial charge < -0.3 is 4.74 Å². The van der Waals surface area contributed by atoms with Crippen LogP contribution in [-0.4, -0.2) is 11.7 Å². The average Bonchev–Trinajstić information content (AvgIpc) is 2.18. The van der Waals surface area contributed by atoms with Crippen molar-refractivity contribution in [2.75, 3.05) is 0 Å². The highest BCUT2D eigenvalue weighted by Crippen LogP contribution is 2.39. The van der Waals surface area contributed by atoms with E-state index in [9.17, 15) is 0 Å². The highest BCUT2D eigenvalue weighted by Gasteiger charge is 2.37. The first-order chi connectivity index (χ1) is 6.98. The molecule has 0 aromatic heterocycles. The minimum atomic E-state index is 0.182. The predicted octanol–water partition coefficient (Wildman–Crippen LogP) is 4.41. The summed E-state index contributed by atoms with van der Waals surface area (Å²) in [6.45, 7) is 11.4. The summed E-state index contributed by atoms with van der Waals surface area (Å²) in [7, 11) is 0. The maximum absolute atomic E-state index is 6.40. The summed E-state index contributed by atoms with van der Waals surface area (Å²) in [6, 6.07) is 0. The largest absolute Gasteiger partial charge is 0.372 e. The van der Waals surface area contributed by atoms with Crippen LogP contribution in [0.15, 0.2) is 0 Å². The summed E-state index contributed by atoms with van der Waals surface area (Å²) < 4.78 is 6.40. The van der Waals surface area contributed by atoms with Gasteiger partial charge in [0, 0.05) is 0 Å². The van der Waals surface area contributed by atoms with Gasteiger partial charge in [-0.05, 0) is 31.6 Å². The van der Waals surface area contributed by atoms with Crippen molar-refractivity contribution in [1.82, 2.24) is 0 Å². The number of hydrogen-bond acceptors (Lipinski definition) is 1. The zero-order valence-corrected chi connectivity index (χ0v) is 11.2. The van der Waals surface area contributed by atoms with Gasteiger partial charge in [0.05, 0.1) is 11.7 Å². The van der Waals surface area contributed by atoms with Crippen LogP contribution in [0.4, 0.5) is 0 Å².